The van der Waals surface area contributed by atoms with E-state index in [2.05, 4.69) is 12.2 Å². The first kappa shape index (κ1) is 27.7. The highest BCUT2D eigenvalue weighted by Gasteiger charge is 2.38. The lowest BCUT2D eigenvalue weighted by atomic mass is 10.2. The monoisotopic (exact) mass is 434 g/mol. The number of hydrogen-bond acceptors (Lipinski definition) is 6. The summed E-state index contributed by atoms with van der Waals surface area (Å²) in [7, 11) is -5.32. The second-order valence-electron chi connectivity index (χ2n) is 5.89. The third kappa shape index (κ3) is 11.6. The maximum absolute atomic E-state index is 5.82. The summed E-state index contributed by atoms with van der Waals surface area (Å²) in [5, 5.41) is 0. The highest BCUT2D eigenvalue weighted by Crippen LogP contribution is 2.15. The molecule has 0 aromatic rings. The minimum Gasteiger partial charge on any atom is -0.371 e. The van der Waals surface area contributed by atoms with Crippen molar-refractivity contribution in [3.05, 3.63) is 23.6 Å². The van der Waals surface area contributed by atoms with Gasteiger partial charge in [0.1, 0.15) is 0 Å². The predicted octanol–water partition coefficient (Wildman–Crippen LogP) is 4.83. The number of rotatable bonds is 19. The summed E-state index contributed by atoms with van der Waals surface area (Å²) in [6, 6.07) is 0. The Hall–Kier alpha value is -0.326. The van der Waals surface area contributed by atoms with Crippen molar-refractivity contribution >= 4 is 17.6 Å². The second-order valence-corrected chi connectivity index (χ2v) is 10.7. The maximum Gasteiger partial charge on any atom is 0.529 e. The van der Waals surface area contributed by atoms with Crippen LogP contribution in [0.1, 0.15) is 67.2 Å². The first-order valence-corrected chi connectivity index (χ1v) is 14.4. The van der Waals surface area contributed by atoms with Crippen LogP contribution in [0.25, 0.3) is 0 Å². The Morgan fingerprint density at radius 3 is 0.929 bits per heavy atom. The Labute approximate surface area is 174 Å². The molecule has 0 atom stereocenters. The zero-order valence-electron chi connectivity index (χ0n) is 18.8. The molecule has 0 aliphatic heterocycles. The van der Waals surface area contributed by atoms with Crippen LogP contribution >= 0.6 is 0 Å². The fraction of sp³-hybridized carbons (Fsp3) is 0.800. The van der Waals surface area contributed by atoms with Gasteiger partial charge >= 0.3 is 17.6 Å². The van der Waals surface area contributed by atoms with Gasteiger partial charge in [0.05, 0.1) is 0 Å². The van der Waals surface area contributed by atoms with E-state index in [0.717, 1.165) is 25.7 Å². The van der Waals surface area contributed by atoms with Gasteiger partial charge < -0.3 is 26.6 Å². The third-order valence-electron chi connectivity index (χ3n) is 3.71. The normalized spacial score (nSPS) is 13.2. The summed E-state index contributed by atoms with van der Waals surface area (Å²) in [5.41, 5.74) is 4.05. The number of unbranched alkanes of at least 4 members (excludes halogenated alkanes) is 3. The quantitative estimate of drug-likeness (QED) is 0.214. The topological polar surface area (TPSA) is 55.4 Å². The molecule has 0 spiro atoms. The Kier molecular flexibility index (Phi) is 17.3. The Bertz CT molecular complexity index is 345. The van der Waals surface area contributed by atoms with Crippen molar-refractivity contribution in [3.63, 3.8) is 0 Å². The van der Waals surface area contributed by atoms with Crippen LogP contribution < -0.4 is 0 Å². The van der Waals surface area contributed by atoms with Gasteiger partial charge in [0, 0.05) is 39.6 Å². The van der Waals surface area contributed by atoms with Gasteiger partial charge in [0.2, 0.25) is 0 Å². The zero-order chi connectivity index (χ0) is 21.1. The molecule has 0 bridgehead atoms. The van der Waals surface area contributed by atoms with Gasteiger partial charge in [-0.3, -0.25) is 0 Å². The molecule has 0 N–H and O–H groups in total. The van der Waals surface area contributed by atoms with Crippen molar-refractivity contribution in [1.29, 1.82) is 0 Å². The van der Waals surface area contributed by atoms with Crippen LogP contribution in [-0.4, -0.2) is 57.3 Å². The Morgan fingerprint density at radius 2 is 0.714 bits per heavy atom. The highest BCUT2D eigenvalue weighted by atomic mass is 28.4. The minimum atomic E-state index is -2.66. The van der Waals surface area contributed by atoms with Crippen LogP contribution in [0.2, 0.25) is 0 Å². The molecule has 0 aromatic heterocycles. The first-order valence-electron chi connectivity index (χ1n) is 10.8. The van der Waals surface area contributed by atoms with Crippen molar-refractivity contribution in [2.75, 3.05) is 39.6 Å². The lowest BCUT2D eigenvalue weighted by Crippen LogP contribution is -2.44. The van der Waals surface area contributed by atoms with E-state index in [1.54, 1.807) is 0 Å². The molecule has 0 rings (SSSR count). The molecule has 28 heavy (non-hydrogen) atoms. The second kappa shape index (κ2) is 17.5. The zero-order valence-corrected chi connectivity index (χ0v) is 20.8. The van der Waals surface area contributed by atoms with Crippen molar-refractivity contribution in [2.24, 2.45) is 0 Å². The van der Waals surface area contributed by atoms with Crippen molar-refractivity contribution < 1.29 is 26.6 Å². The van der Waals surface area contributed by atoms with E-state index in [-0.39, 0.29) is 0 Å². The number of hydrogen-bond donors (Lipinski definition) is 0. The molecule has 166 valence electrons. The van der Waals surface area contributed by atoms with Gasteiger partial charge in [-0.15, -0.1) is 0 Å². The van der Waals surface area contributed by atoms with Gasteiger partial charge in [-0.2, -0.15) is 0 Å². The molecule has 0 saturated heterocycles. The molecule has 0 aliphatic rings. The average molecular weight is 435 g/mol. The van der Waals surface area contributed by atoms with Crippen molar-refractivity contribution in [3.8, 4) is 0 Å². The van der Waals surface area contributed by atoms with Crippen LogP contribution in [0, 0.1) is 0 Å². The highest BCUT2D eigenvalue weighted by molar-refractivity contribution is 6.66. The van der Waals surface area contributed by atoms with Gasteiger partial charge in [0.15, 0.2) is 0 Å². The van der Waals surface area contributed by atoms with E-state index in [9.17, 15) is 0 Å². The molecule has 0 unspecified atom stereocenters. The van der Waals surface area contributed by atoms with Crippen molar-refractivity contribution in [2.45, 2.75) is 67.2 Å². The standard InChI is InChI=1S/C20H42O6Si2/c1-7-21-27(22-8-2,23-9-3)19-17-15-13-14-16-18-20-28(24-10-4,25-11-5)26-12-6/h17-20H,7-16H2,1-6H3. The van der Waals surface area contributed by atoms with Crippen LogP contribution in [0.4, 0.5) is 0 Å². The summed E-state index contributed by atoms with van der Waals surface area (Å²) in [6.45, 7) is 15.3. The van der Waals surface area contributed by atoms with E-state index in [1.807, 2.05) is 52.9 Å². The minimum absolute atomic E-state index is 0.590. The van der Waals surface area contributed by atoms with E-state index in [4.69, 9.17) is 26.6 Å². The molecule has 0 aliphatic carbocycles. The molecule has 0 fully saturated rings. The molecular formula is C20H42O6Si2. The fourth-order valence-electron chi connectivity index (χ4n) is 2.73. The molecule has 0 amide bonds. The summed E-state index contributed by atoms with van der Waals surface area (Å²) in [5.74, 6) is 0. The van der Waals surface area contributed by atoms with E-state index in [1.165, 1.54) is 0 Å². The molecular weight excluding hydrogens is 392 g/mol. The lowest BCUT2D eigenvalue weighted by molar-refractivity contribution is 0.0833. The smallest absolute Gasteiger partial charge is 0.371 e. The SMILES string of the molecule is CCO[Si](C=CCCCCC=C[Si](OCC)(OCC)OCC)(OCC)OCC. The van der Waals surface area contributed by atoms with Gasteiger partial charge in [-0.1, -0.05) is 12.2 Å². The maximum atomic E-state index is 5.82. The average Bonchev–Trinajstić information content (AvgIpc) is 2.65. The lowest BCUT2D eigenvalue weighted by Gasteiger charge is -2.25. The van der Waals surface area contributed by atoms with Gasteiger partial charge in [0.25, 0.3) is 0 Å². The molecule has 8 heteroatoms. The first-order chi connectivity index (χ1) is 13.6. The summed E-state index contributed by atoms with van der Waals surface area (Å²) in [4.78, 5) is 0. The number of allylic oxidation sites excluding steroid dienone is 2. The summed E-state index contributed by atoms with van der Waals surface area (Å²) in [6.07, 6.45) is 8.39. The fourth-order valence-corrected chi connectivity index (χ4v) is 7.13. The Balaban J connectivity index is 4.48. The van der Waals surface area contributed by atoms with Gasteiger partial charge in [-0.05, 0) is 78.6 Å². The van der Waals surface area contributed by atoms with Crippen LogP contribution in [0.3, 0.4) is 0 Å². The summed E-state index contributed by atoms with van der Waals surface area (Å²) < 4.78 is 34.9. The molecule has 0 radical (unpaired) electrons. The van der Waals surface area contributed by atoms with E-state index in [0.29, 0.717) is 39.6 Å². The largest absolute Gasteiger partial charge is 0.529 e. The molecule has 0 aromatic carbocycles. The van der Waals surface area contributed by atoms with Crippen LogP contribution in [-0.2, 0) is 26.6 Å². The van der Waals surface area contributed by atoms with Crippen molar-refractivity contribution in [1.82, 2.24) is 0 Å². The predicted molar refractivity (Wildman–Crippen MR) is 118 cm³/mol. The van der Waals surface area contributed by atoms with Crippen LogP contribution in [0.15, 0.2) is 23.6 Å². The Morgan fingerprint density at radius 1 is 0.464 bits per heavy atom. The van der Waals surface area contributed by atoms with E-state index >= 15 is 0 Å². The van der Waals surface area contributed by atoms with E-state index < -0.39 is 17.6 Å². The molecule has 6 nitrogen and oxygen atoms in total. The molecule has 0 heterocycles. The van der Waals surface area contributed by atoms with Crippen LogP contribution in [0.5, 0.6) is 0 Å². The molecule has 0 saturated carbocycles. The summed E-state index contributed by atoms with van der Waals surface area (Å²) >= 11 is 0. The van der Waals surface area contributed by atoms with Gasteiger partial charge in [-0.25, -0.2) is 0 Å². The third-order valence-corrected chi connectivity index (χ3v) is 9.14.